The van der Waals surface area contributed by atoms with Gasteiger partial charge in [-0.25, -0.2) is 0 Å². The van der Waals surface area contributed by atoms with Crippen molar-refractivity contribution in [2.75, 3.05) is 11.9 Å². The van der Waals surface area contributed by atoms with Gasteiger partial charge in [0.05, 0.1) is 5.54 Å². The number of halogens is 3. The zero-order valence-electron chi connectivity index (χ0n) is 11.3. The van der Waals surface area contributed by atoms with Crippen molar-refractivity contribution in [2.45, 2.75) is 32.0 Å². The molecule has 20 heavy (non-hydrogen) atoms. The minimum absolute atomic E-state index is 0.0753. The van der Waals surface area contributed by atoms with Crippen molar-refractivity contribution in [2.24, 2.45) is 5.73 Å². The van der Waals surface area contributed by atoms with Gasteiger partial charge in [0, 0.05) is 5.69 Å². The fourth-order valence-corrected chi connectivity index (χ4v) is 1.23. The maximum absolute atomic E-state index is 12.0. The van der Waals surface area contributed by atoms with Gasteiger partial charge < -0.3 is 15.8 Å². The number of hydrogen-bond acceptors (Lipinski definition) is 3. The normalized spacial score (nSPS) is 14.5. The third kappa shape index (κ3) is 5.08. The van der Waals surface area contributed by atoms with Crippen molar-refractivity contribution >= 4 is 11.6 Å². The van der Waals surface area contributed by atoms with E-state index in [0.717, 1.165) is 0 Å². The highest BCUT2D eigenvalue weighted by Crippen LogP contribution is 2.20. The highest BCUT2D eigenvalue weighted by molar-refractivity contribution is 5.97. The number of rotatable bonds is 5. The highest BCUT2D eigenvalue weighted by atomic mass is 19.4. The SMILES string of the molecule is CCC(C)(N)C(=O)Nc1ccc(OCC(F)(F)F)cc1. The standard InChI is InChI=1S/C13H17F3N2O2/c1-3-12(2,17)11(19)18-9-4-6-10(7-5-9)20-8-13(14,15)16/h4-7H,3,8,17H2,1-2H3,(H,18,19). The van der Waals surface area contributed by atoms with Crippen LogP contribution < -0.4 is 15.8 Å². The van der Waals surface area contributed by atoms with Crippen LogP contribution in [0.3, 0.4) is 0 Å². The number of nitrogens with two attached hydrogens (primary N) is 1. The van der Waals surface area contributed by atoms with Gasteiger partial charge in [-0.15, -0.1) is 0 Å². The monoisotopic (exact) mass is 290 g/mol. The van der Waals surface area contributed by atoms with Crippen LogP contribution in [0.1, 0.15) is 20.3 Å². The summed E-state index contributed by atoms with van der Waals surface area (Å²) in [6, 6.07) is 5.60. The molecule has 0 aliphatic heterocycles. The smallest absolute Gasteiger partial charge is 0.422 e. The van der Waals surface area contributed by atoms with Gasteiger partial charge in [0.25, 0.3) is 0 Å². The number of amides is 1. The molecule has 0 spiro atoms. The first kappa shape index (κ1) is 16.3. The molecule has 0 radical (unpaired) electrons. The Bertz CT molecular complexity index is 456. The molecule has 1 aromatic rings. The minimum Gasteiger partial charge on any atom is -0.484 e. The molecular formula is C13H17F3N2O2. The van der Waals surface area contributed by atoms with E-state index in [2.05, 4.69) is 10.1 Å². The maximum Gasteiger partial charge on any atom is 0.422 e. The molecule has 7 heteroatoms. The van der Waals surface area contributed by atoms with Crippen LogP contribution in [0.5, 0.6) is 5.75 Å². The van der Waals surface area contributed by atoms with Crippen molar-refractivity contribution in [3.8, 4) is 5.75 Å². The molecule has 0 bridgehead atoms. The quantitative estimate of drug-likeness (QED) is 0.876. The Kier molecular flexibility index (Phi) is 4.99. The molecule has 0 heterocycles. The second-order valence-corrected chi connectivity index (χ2v) is 4.65. The Labute approximate surface area is 115 Å². The van der Waals surface area contributed by atoms with E-state index in [4.69, 9.17) is 5.73 Å². The lowest BCUT2D eigenvalue weighted by Crippen LogP contribution is -2.47. The summed E-state index contributed by atoms with van der Waals surface area (Å²) in [7, 11) is 0. The van der Waals surface area contributed by atoms with Crippen molar-refractivity contribution in [1.29, 1.82) is 0 Å². The van der Waals surface area contributed by atoms with Gasteiger partial charge in [0.15, 0.2) is 6.61 Å². The van der Waals surface area contributed by atoms with Gasteiger partial charge in [-0.2, -0.15) is 13.2 Å². The fraction of sp³-hybridized carbons (Fsp3) is 0.462. The molecule has 0 saturated heterocycles. The van der Waals surface area contributed by atoms with E-state index >= 15 is 0 Å². The van der Waals surface area contributed by atoms with E-state index in [-0.39, 0.29) is 11.7 Å². The lowest BCUT2D eigenvalue weighted by Gasteiger charge is -2.21. The van der Waals surface area contributed by atoms with E-state index < -0.39 is 18.3 Å². The van der Waals surface area contributed by atoms with E-state index in [1.165, 1.54) is 24.3 Å². The third-order valence-electron chi connectivity index (χ3n) is 2.77. The second-order valence-electron chi connectivity index (χ2n) is 4.65. The Balaban J connectivity index is 2.61. The van der Waals surface area contributed by atoms with Gasteiger partial charge in [-0.3, -0.25) is 4.79 Å². The molecule has 0 aliphatic carbocycles. The van der Waals surface area contributed by atoms with Crippen molar-refractivity contribution < 1.29 is 22.7 Å². The van der Waals surface area contributed by atoms with Crippen LogP contribution in [0.25, 0.3) is 0 Å². The predicted molar refractivity (Wildman–Crippen MR) is 69.5 cm³/mol. The summed E-state index contributed by atoms with van der Waals surface area (Å²) in [5, 5.41) is 2.59. The highest BCUT2D eigenvalue weighted by Gasteiger charge is 2.28. The average molecular weight is 290 g/mol. The zero-order valence-corrected chi connectivity index (χ0v) is 11.3. The van der Waals surface area contributed by atoms with E-state index in [1.807, 2.05) is 0 Å². The summed E-state index contributed by atoms with van der Waals surface area (Å²) in [5.74, 6) is -0.282. The van der Waals surface area contributed by atoms with Crippen LogP contribution in [0.2, 0.25) is 0 Å². The lowest BCUT2D eigenvalue weighted by atomic mass is 9.99. The Morgan fingerprint density at radius 1 is 1.30 bits per heavy atom. The number of nitrogens with one attached hydrogen (secondary N) is 1. The van der Waals surface area contributed by atoms with Gasteiger partial charge in [0.1, 0.15) is 5.75 Å². The molecule has 0 aliphatic rings. The minimum atomic E-state index is -4.38. The van der Waals surface area contributed by atoms with Gasteiger partial charge in [-0.05, 0) is 37.6 Å². The molecule has 0 fully saturated rings. The van der Waals surface area contributed by atoms with E-state index in [0.29, 0.717) is 12.1 Å². The number of hydrogen-bond donors (Lipinski definition) is 2. The van der Waals surface area contributed by atoms with Gasteiger partial charge >= 0.3 is 6.18 Å². The lowest BCUT2D eigenvalue weighted by molar-refractivity contribution is -0.153. The summed E-state index contributed by atoms with van der Waals surface area (Å²) < 4.78 is 40.5. The number of alkyl halides is 3. The first-order valence-electron chi connectivity index (χ1n) is 6.04. The number of anilines is 1. The van der Waals surface area contributed by atoms with Crippen LogP contribution in [-0.4, -0.2) is 24.2 Å². The van der Waals surface area contributed by atoms with Crippen LogP contribution in [0, 0.1) is 0 Å². The van der Waals surface area contributed by atoms with Crippen LogP contribution in [0.4, 0.5) is 18.9 Å². The summed E-state index contributed by atoms with van der Waals surface area (Å²) in [4.78, 5) is 11.8. The van der Waals surface area contributed by atoms with E-state index in [1.54, 1.807) is 13.8 Å². The maximum atomic E-state index is 12.0. The molecular weight excluding hydrogens is 273 g/mol. The molecule has 0 aromatic heterocycles. The number of ether oxygens (including phenoxy) is 1. The summed E-state index contributed by atoms with van der Waals surface area (Å²) in [6.07, 6.45) is -3.92. The Morgan fingerprint density at radius 2 is 1.85 bits per heavy atom. The first-order chi connectivity index (χ1) is 9.14. The van der Waals surface area contributed by atoms with Crippen LogP contribution >= 0.6 is 0 Å². The molecule has 0 saturated carbocycles. The Morgan fingerprint density at radius 3 is 2.30 bits per heavy atom. The molecule has 4 nitrogen and oxygen atoms in total. The molecule has 1 aromatic carbocycles. The van der Waals surface area contributed by atoms with Gasteiger partial charge in [-0.1, -0.05) is 6.92 Å². The van der Waals surface area contributed by atoms with Crippen molar-refractivity contribution in [3.05, 3.63) is 24.3 Å². The predicted octanol–water partition coefficient (Wildman–Crippen LogP) is 2.69. The van der Waals surface area contributed by atoms with Crippen molar-refractivity contribution in [3.63, 3.8) is 0 Å². The topological polar surface area (TPSA) is 64.4 Å². The van der Waals surface area contributed by atoms with Crippen molar-refractivity contribution in [1.82, 2.24) is 0 Å². The summed E-state index contributed by atoms with van der Waals surface area (Å²) >= 11 is 0. The molecule has 112 valence electrons. The van der Waals surface area contributed by atoms with Gasteiger partial charge in [0.2, 0.25) is 5.91 Å². The molecule has 3 N–H and O–H groups in total. The van der Waals surface area contributed by atoms with E-state index in [9.17, 15) is 18.0 Å². The fourth-order valence-electron chi connectivity index (χ4n) is 1.23. The zero-order chi connectivity index (χ0) is 15.4. The third-order valence-corrected chi connectivity index (χ3v) is 2.77. The average Bonchev–Trinajstić information content (AvgIpc) is 2.37. The molecule has 1 rings (SSSR count). The first-order valence-corrected chi connectivity index (χ1v) is 6.04. The number of carbonyl (C=O) groups is 1. The molecule has 1 amide bonds. The second kappa shape index (κ2) is 6.13. The summed E-state index contributed by atoms with van der Waals surface area (Å²) in [5.41, 5.74) is 5.22. The molecule has 1 unspecified atom stereocenters. The van der Waals surface area contributed by atoms with Crippen LogP contribution in [-0.2, 0) is 4.79 Å². The largest absolute Gasteiger partial charge is 0.484 e. The number of benzene rings is 1. The molecule has 1 atom stereocenters. The van der Waals surface area contributed by atoms with Crippen LogP contribution in [0.15, 0.2) is 24.3 Å². The summed E-state index contributed by atoms with van der Waals surface area (Å²) in [6.45, 7) is 2.03. The Hall–Kier alpha value is -1.76. The number of carbonyl (C=O) groups excluding carboxylic acids is 1.